The lowest BCUT2D eigenvalue weighted by atomic mass is 10.2. The number of hydrogen-bond acceptors (Lipinski definition) is 4. The molecule has 0 N–H and O–H groups in total. The monoisotopic (exact) mass is 352 g/mol. The topological polar surface area (TPSA) is 52.8 Å². The van der Waals surface area contributed by atoms with E-state index < -0.39 is 12.5 Å². The Hall–Kier alpha value is -2.28. The Morgan fingerprint density at radius 2 is 2.12 bits per heavy atom. The molecule has 0 aliphatic carbocycles. The van der Waals surface area contributed by atoms with Crippen LogP contribution in [0.1, 0.15) is 18.1 Å². The van der Waals surface area contributed by atoms with Crippen molar-refractivity contribution in [3.05, 3.63) is 47.0 Å². The van der Waals surface area contributed by atoms with Crippen molar-refractivity contribution >= 4 is 22.5 Å². The van der Waals surface area contributed by atoms with Crippen LogP contribution in [0.2, 0.25) is 5.15 Å². The van der Waals surface area contributed by atoms with Gasteiger partial charge in [-0.2, -0.15) is 5.10 Å². The Morgan fingerprint density at radius 3 is 2.79 bits per heavy atom. The molecular formula is C16H15ClF2N4O. The molecule has 0 bridgehead atoms. The van der Waals surface area contributed by atoms with Crippen LogP contribution >= 0.6 is 11.6 Å². The number of ether oxygens (including phenoxy) is 1. The van der Waals surface area contributed by atoms with Crippen molar-refractivity contribution in [2.75, 3.05) is 6.61 Å². The third-order valence-corrected chi connectivity index (χ3v) is 3.63. The number of alkyl halides is 2. The summed E-state index contributed by atoms with van der Waals surface area (Å²) >= 11 is 6.04. The van der Waals surface area contributed by atoms with E-state index in [4.69, 9.17) is 16.3 Å². The van der Waals surface area contributed by atoms with E-state index in [1.807, 2.05) is 12.3 Å². The van der Waals surface area contributed by atoms with Gasteiger partial charge in [-0.1, -0.05) is 11.6 Å². The van der Waals surface area contributed by atoms with Gasteiger partial charge in [0.25, 0.3) is 5.92 Å². The number of pyridine rings is 2. The lowest BCUT2D eigenvalue weighted by Gasteiger charge is -2.13. The average Bonchev–Trinajstić information content (AvgIpc) is 2.89. The summed E-state index contributed by atoms with van der Waals surface area (Å²) in [7, 11) is 0. The van der Waals surface area contributed by atoms with Gasteiger partial charge in [-0.05, 0) is 24.6 Å². The van der Waals surface area contributed by atoms with Gasteiger partial charge in [0.15, 0.2) is 6.61 Å². The summed E-state index contributed by atoms with van der Waals surface area (Å²) in [6, 6.07) is 3.62. The molecule has 0 radical (unpaired) electrons. The summed E-state index contributed by atoms with van der Waals surface area (Å²) in [4.78, 5) is 8.13. The number of rotatable bonds is 5. The summed E-state index contributed by atoms with van der Waals surface area (Å²) in [6.07, 6.45) is 4.99. The van der Waals surface area contributed by atoms with Crippen LogP contribution in [0.4, 0.5) is 8.78 Å². The molecule has 5 nitrogen and oxygen atoms in total. The maximum atomic E-state index is 12.9. The number of nitrogens with zero attached hydrogens (tertiary/aromatic N) is 4. The molecule has 3 aromatic heterocycles. The highest BCUT2D eigenvalue weighted by atomic mass is 35.5. The first-order valence-electron chi connectivity index (χ1n) is 7.26. The Morgan fingerprint density at radius 1 is 1.33 bits per heavy atom. The predicted molar refractivity (Wildman–Crippen MR) is 86.7 cm³/mol. The largest absolute Gasteiger partial charge is 0.471 e. The first-order valence-corrected chi connectivity index (χ1v) is 7.63. The fourth-order valence-electron chi connectivity index (χ4n) is 2.28. The normalized spacial score (nSPS) is 11.9. The molecule has 8 heteroatoms. The van der Waals surface area contributed by atoms with E-state index in [-0.39, 0.29) is 5.88 Å². The van der Waals surface area contributed by atoms with Crippen LogP contribution in [-0.2, 0) is 6.54 Å². The Bertz CT molecular complexity index is 876. The van der Waals surface area contributed by atoms with Crippen molar-refractivity contribution in [2.45, 2.75) is 26.3 Å². The van der Waals surface area contributed by atoms with Gasteiger partial charge in [-0.3, -0.25) is 4.68 Å². The van der Waals surface area contributed by atoms with Crippen molar-refractivity contribution in [1.82, 2.24) is 19.7 Å². The highest BCUT2D eigenvalue weighted by Gasteiger charge is 2.22. The zero-order chi connectivity index (χ0) is 17.3. The number of hydrogen-bond donors (Lipinski definition) is 0. The lowest BCUT2D eigenvalue weighted by molar-refractivity contribution is -0.0244. The van der Waals surface area contributed by atoms with Crippen molar-refractivity contribution in [2.24, 2.45) is 0 Å². The minimum absolute atomic E-state index is 0.207. The van der Waals surface area contributed by atoms with Gasteiger partial charge in [-0.25, -0.2) is 18.7 Å². The van der Waals surface area contributed by atoms with Gasteiger partial charge in [-0.15, -0.1) is 0 Å². The maximum Gasteiger partial charge on any atom is 0.278 e. The van der Waals surface area contributed by atoms with E-state index in [1.165, 1.54) is 0 Å². The zero-order valence-electron chi connectivity index (χ0n) is 13.1. The number of halogens is 3. The van der Waals surface area contributed by atoms with Crippen LogP contribution in [0.25, 0.3) is 10.9 Å². The second-order valence-electron chi connectivity index (χ2n) is 5.69. The quantitative estimate of drug-likeness (QED) is 0.654. The highest BCUT2D eigenvalue weighted by molar-refractivity contribution is 6.34. The van der Waals surface area contributed by atoms with Crippen LogP contribution < -0.4 is 4.74 Å². The van der Waals surface area contributed by atoms with Gasteiger partial charge in [0.05, 0.1) is 17.4 Å². The number of fused-ring (bicyclic) bond motifs is 1. The molecule has 0 aliphatic heterocycles. The minimum Gasteiger partial charge on any atom is -0.471 e. The third-order valence-electron chi connectivity index (χ3n) is 3.33. The van der Waals surface area contributed by atoms with E-state index in [0.717, 1.165) is 23.4 Å². The molecule has 0 aromatic carbocycles. The summed E-state index contributed by atoms with van der Waals surface area (Å²) in [5.74, 6) is -2.69. The number of aryl methyl sites for hydroxylation is 1. The first kappa shape index (κ1) is 16.6. The van der Waals surface area contributed by atoms with E-state index in [2.05, 4.69) is 15.1 Å². The van der Waals surface area contributed by atoms with E-state index >= 15 is 0 Å². The molecule has 0 amide bonds. The molecule has 126 valence electrons. The van der Waals surface area contributed by atoms with Crippen LogP contribution in [0.5, 0.6) is 5.88 Å². The number of aromatic nitrogens is 4. The van der Waals surface area contributed by atoms with E-state index in [9.17, 15) is 8.78 Å². The molecule has 0 unspecified atom stereocenters. The molecule has 0 spiro atoms. The molecular weight excluding hydrogens is 338 g/mol. The third kappa shape index (κ3) is 3.79. The predicted octanol–water partition coefficient (Wildman–Crippen LogP) is 3.87. The van der Waals surface area contributed by atoms with Gasteiger partial charge >= 0.3 is 0 Å². The van der Waals surface area contributed by atoms with Gasteiger partial charge in [0.1, 0.15) is 5.15 Å². The van der Waals surface area contributed by atoms with Gasteiger partial charge in [0, 0.05) is 31.1 Å². The van der Waals surface area contributed by atoms with Gasteiger partial charge in [0.2, 0.25) is 5.88 Å². The standard InChI is InChI=1S/C16H15ClF2N4O/c1-10-5-11(6-21-15(10)24-9-16(2,18)19)7-23-8-12-13(22-23)3-4-20-14(12)17/h3-6,8H,7,9H2,1-2H3. The highest BCUT2D eigenvalue weighted by Crippen LogP contribution is 2.22. The SMILES string of the molecule is Cc1cc(Cn2cc3c(Cl)nccc3n2)cnc1OCC(C)(F)F. The minimum atomic E-state index is -2.89. The lowest BCUT2D eigenvalue weighted by Crippen LogP contribution is -2.21. The van der Waals surface area contributed by atoms with Crippen LogP contribution in [0.15, 0.2) is 30.7 Å². The molecule has 0 saturated carbocycles. The molecule has 0 aliphatic rings. The Kier molecular flexibility index (Phi) is 4.36. The molecule has 3 rings (SSSR count). The summed E-state index contributed by atoms with van der Waals surface area (Å²) in [6.45, 7) is 2.35. The summed E-state index contributed by atoms with van der Waals surface area (Å²) in [5.41, 5.74) is 2.32. The van der Waals surface area contributed by atoms with Crippen molar-refractivity contribution in [3.8, 4) is 5.88 Å². The molecule has 3 heterocycles. The summed E-state index contributed by atoms with van der Waals surface area (Å²) in [5, 5.41) is 5.60. The summed E-state index contributed by atoms with van der Waals surface area (Å²) < 4.78 is 32.5. The van der Waals surface area contributed by atoms with E-state index in [0.29, 0.717) is 17.3 Å². The Balaban J connectivity index is 1.77. The van der Waals surface area contributed by atoms with Crippen molar-refractivity contribution < 1.29 is 13.5 Å². The molecule has 0 saturated heterocycles. The molecule has 3 aromatic rings. The fourth-order valence-corrected chi connectivity index (χ4v) is 2.48. The molecule has 0 atom stereocenters. The van der Waals surface area contributed by atoms with Crippen LogP contribution in [0.3, 0.4) is 0 Å². The Labute approximate surface area is 142 Å². The second kappa shape index (κ2) is 6.32. The fraction of sp³-hybridized carbons (Fsp3) is 0.312. The molecule has 0 fully saturated rings. The second-order valence-corrected chi connectivity index (χ2v) is 6.04. The average molecular weight is 353 g/mol. The van der Waals surface area contributed by atoms with Crippen LogP contribution in [-0.4, -0.2) is 32.3 Å². The van der Waals surface area contributed by atoms with E-state index in [1.54, 1.807) is 30.1 Å². The van der Waals surface area contributed by atoms with Crippen LogP contribution in [0, 0.1) is 6.92 Å². The van der Waals surface area contributed by atoms with Gasteiger partial charge < -0.3 is 4.74 Å². The smallest absolute Gasteiger partial charge is 0.278 e. The van der Waals surface area contributed by atoms with Crippen molar-refractivity contribution in [3.63, 3.8) is 0 Å². The first-order chi connectivity index (χ1) is 11.3. The molecule has 24 heavy (non-hydrogen) atoms. The van der Waals surface area contributed by atoms with Crippen molar-refractivity contribution in [1.29, 1.82) is 0 Å². The maximum absolute atomic E-state index is 12.9. The zero-order valence-corrected chi connectivity index (χ0v) is 13.9.